The van der Waals surface area contributed by atoms with Crippen molar-refractivity contribution in [3.8, 4) is 0 Å². The monoisotopic (exact) mass is 342 g/mol. The maximum absolute atomic E-state index is 12.3. The number of amides is 1. The lowest BCUT2D eigenvalue weighted by atomic mass is 10.0. The normalized spacial score (nSPS) is 23.4. The summed E-state index contributed by atoms with van der Waals surface area (Å²) < 4.78 is 4.90. The van der Waals surface area contributed by atoms with Crippen LogP contribution in [-0.2, 0) is 19.1 Å². The third-order valence-electron chi connectivity index (χ3n) is 3.84. The van der Waals surface area contributed by atoms with Crippen molar-refractivity contribution in [1.29, 1.82) is 0 Å². The minimum absolute atomic E-state index is 0.0355. The van der Waals surface area contributed by atoms with Crippen LogP contribution in [-0.4, -0.2) is 58.2 Å². The molecular weight excluding hydrogens is 320 g/mol. The number of thioether (sulfide) groups is 1. The zero-order chi connectivity index (χ0) is 17.0. The predicted molar refractivity (Wildman–Crippen MR) is 85.7 cm³/mol. The van der Waals surface area contributed by atoms with Crippen molar-refractivity contribution >= 4 is 29.6 Å². The number of esters is 1. The second-order valence-corrected chi connectivity index (χ2v) is 6.69. The summed E-state index contributed by atoms with van der Waals surface area (Å²) in [6, 6.07) is -0.332. The van der Waals surface area contributed by atoms with Crippen molar-refractivity contribution in [2.24, 2.45) is 0 Å². The number of β-lactam (4-membered cyclic amide) rings is 1. The predicted octanol–water partition coefficient (Wildman–Crippen LogP) is 0.952. The number of ether oxygens (including phenoxy) is 1. The zero-order valence-electron chi connectivity index (χ0n) is 13.3. The van der Waals surface area contributed by atoms with Crippen LogP contribution in [0.15, 0.2) is 11.3 Å². The molecule has 0 aromatic heterocycles. The fourth-order valence-corrected chi connectivity index (χ4v) is 4.03. The van der Waals surface area contributed by atoms with E-state index < -0.39 is 11.9 Å². The molecule has 8 heteroatoms. The van der Waals surface area contributed by atoms with Crippen molar-refractivity contribution in [3.05, 3.63) is 11.3 Å². The highest BCUT2D eigenvalue weighted by Gasteiger charge is 2.53. The Kier molecular flexibility index (Phi) is 6.06. The molecule has 1 amide bonds. The average Bonchev–Trinajstić information content (AvgIpc) is 2.51. The first kappa shape index (κ1) is 17.8. The summed E-state index contributed by atoms with van der Waals surface area (Å²) in [5, 5.41) is 12.4. The van der Waals surface area contributed by atoms with E-state index in [0.717, 1.165) is 25.8 Å². The molecule has 0 radical (unpaired) electrons. The van der Waals surface area contributed by atoms with Gasteiger partial charge in [-0.3, -0.25) is 14.5 Å². The van der Waals surface area contributed by atoms with E-state index in [-0.39, 0.29) is 29.6 Å². The van der Waals surface area contributed by atoms with Crippen LogP contribution in [0, 0.1) is 0 Å². The molecule has 1 saturated heterocycles. The standard InChI is InChI=1S/C15H22N2O5S/c1-3-4-5-6-16-11-13(19)17-12(15(20)21)10(7-22-9(2)18)8-23-14(11)17/h11,14,16H,3-8H2,1-2H3,(H,20,21)/t11-,14-/m0/s1. The Morgan fingerprint density at radius 1 is 1.43 bits per heavy atom. The van der Waals surface area contributed by atoms with Gasteiger partial charge in [0.1, 0.15) is 23.7 Å². The molecule has 2 heterocycles. The van der Waals surface area contributed by atoms with Crippen molar-refractivity contribution in [3.63, 3.8) is 0 Å². The zero-order valence-corrected chi connectivity index (χ0v) is 14.1. The minimum Gasteiger partial charge on any atom is -0.477 e. The molecule has 0 saturated carbocycles. The number of carbonyl (C=O) groups excluding carboxylic acids is 2. The number of aliphatic carboxylic acids is 1. The van der Waals surface area contributed by atoms with E-state index in [0.29, 0.717) is 11.3 Å². The van der Waals surface area contributed by atoms with Gasteiger partial charge in [-0.05, 0) is 13.0 Å². The number of rotatable bonds is 8. The molecule has 23 heavy (non-hydrogen) atoms. The fourth-order valence-electron chi connectivity index (χ4n) is 2.67. The molecular formula is C15H22N2O5S. The molecule has 2 rings (SSSR count). The van der Waals surface area contributed by atoms with Crippen molar-refractivity contribution in [2.75, 3.05) is 18.9 Å². The maximum atomic E-state index is 12.3. The van der Waals surface area contributed by atoms with Crippen LogP contribution in [0.5, 0.6) is 0 Å². The number of nitrogens with one attached hydrogen (secondary N) is 1. The van der Waals surface area contributed by atoms with Gasteiger partial charge in [-0.1, -0.05) is 19.8 Å². The van der Waals surface area contributed by atoms with Crippen molar-refractivity contribution in [2.45, 2.75) is 44.5 Å². The van der Waals surface area contributed by atoms with Crippen LogP contribution in [0.25, 0.3) is 0 Å². The summed E-state index contributed by atoms with van der Waals surface area (Å²) >= 11 is 1.50. The third-order valence-corrected chi connectivity index (χ3v) is 5.18. The van der Waals surface area contributed by atoms with Crippen LogP contribution in [0.2, 0.25) is 0 Å². The van der Waals surface area contributed by atoms with E-state index in [1.807, 2.05) is 0 Å². The van der Waals surface area contributed by atoms with E-state index in [2.05, 4.69) is 12.2 Å². The lowest BCUT2D eigenvalue weighted by Gasteiger charge is -2.49. The lowest BCUT2D eigenvalue weighted by Crippen LogP contribution is -2.70. The van der Waals surface area contributed by atoms with Gasteiger partial charge in [0.25, 0.3) is 0 Å². The van der Waals surface area contributed by atoms with E-state index >= 15 is 0 Å². The van der Waals surface area contributed by atoms with Crippen molar-refractivity contribution < 1.29 is 24.2 Å². The van der Waals surface area contributed by atoms with Gasteiger partial charge in [0.05, 0.1) is 0 Å². The molecule has 2 atom stereocenters. The van der Waals surface area contributed by atoms with Gasteiger partial charge >= 0.3 is 11.9 Å². The Hall–Kier alpha value is -1.54. The molecule has 0 aromatic carbocycles. The van der Waals surface area contributed by atoms with Gasteiger partial charge < -0.3 is 15.2 Å². The molecule has 1 fully saturated rings. The van der Waals surface area contributed by atoms with Gasteiger partial charge in [-0.25, -0.2) is 4.79 Å². The van der Waals surface area contributed by atoms with Crippen LogP contribution in [0.4, 0.5) is 0 Å². The van der Waals surface area contributed by atoms with E-state index in [4.69, 9.17) is 4.74 Å². The Morgan fingerprint density at radius 2 is 2.17 bits per heavy atom. The maximum Gasteiger partial charge on any atom is 0.352 e. The number of hydrogen-bond acceptors (Lipinski definition) is 6. The molecule has 0 aliphatic carbocycles. The molecule has 128 valence electrons. The second kappa shape index (κ2) is 7.83. The number of nitrogens with zero attached hydrogens (tertiary/aromatic N) is 1. The number of hydrogen-bond donors (Lipinski definition) is 2. The average molecular weight is 342 g/mol. The Balaban J connectivity index is 2.04. The molecule has 2 aliphatic heterocycles. The quantitative estimate of drug-likeness (QED) is 0.385. The summed E-state index contributed by atoms with van der Waals surface area (Å²) in [7, 11) is 0. The number of carbonyl (C=O) groups is 3. The first-order chi connectivity index (χ1) is 11.0. The largest absolute Gasteiger partial charge is 0.477 e. The summed E-state index contributed by atoms with van der Waals surface area (Å²) in [6.45, 7) is 4.04. The summed E-state index contributed by atoms with van der Waals surface area (Å²) in [5.74, 6) is -1.41. The van der Waals surface area contributed by atoms with Crippen LogP contribution in [0.1, 0.15) is 33.1 Å². The van der Waals surface area contributed by atoms with Gasteiger partial charge in [0.15, 0.2) is 0 Å². The number of fused-ring (bicyclic) bond motifs is 1. The molecule has 0 aromatic rings. The Bertz CT molecular complexity index is 534. The highest BCUT2D eigenvalue weighted by atomic mass is 32.2. The SMILES string of the molecule is CCCCCN[C@H]1C(=O)N2C(C(=O)O)=C(COC(C)=O)CS[C@@H]12. The molecule has 0 spiro atoms. The van der Waals surface area contributed by atoms with Crippen LogP contribution in [0.3, 0.4) is 0 Å². The van der Waals surface area contributed by atoms with Crippen LogP contribution >= 0.6 is 11.8 Å². The lowest BCUT2D eigenvalue weighted by molar-refractivity contribution is -0.149. The van der Waals surface area contributed by atoms with E-state index in [1.165, 1.54) is 23.6 Å². The molecule has 0 bridgehead atoms. The smallest absolute Gasteiger partial charge is 0.352 e. The minimum atomic E-state index is -1.16. The molecule has 2 N–H and O–H groups in total. The third kappa shape index (κ3) is 3.87. The highest BCUT2D eigenvalue weighted by Crippen LogP contribution is 2.40. The topological polar surface area (TPSA) is 95.9 Å². The summed E-state index contributed by atoms with van der Waals surface area (Å²) in [6.07, 6.45) is 3.20. The van der Waals surface area contributed by atoms with Crippen LogP contribution < -0.4 is 5.32 Å². The van der Waals surface area contributed by atoms with Gasteiger partial charge in [0, 0.05) is 18.2 Å². The number of unbranched alkanes of at least 4 members (excludes halogenated alkanes) is 2. The van der Waals surface area contributed by atoms with Crippen molar-refractivity contribution in [1.82, 2.24) is 10.2 Å². The Labute approximate surface area is 139 Å². The summed E-state index contributed by atoms with van der Waals surface area (Å²) in [4.78, 5) is 36.1. The van der Waals surface area contributed by atoms with E-state index in [1.54, 1.807) is 0 Å². The first-order valence-corrected chi connectivity index (χ1v) is 8.79. The fraction of sp³-hybridized carbons (Fsp3) is 0.667. The molecule has 0 unspecified atom stereocenters. The van der Waals surface area contributed by atoms with Gasteiger partial charge in [0.2, 0.25) is 5.91 Å². The summed E-state index contributed by atoms with van der Waals surface area (Å²) in [5.41, 5.74) is 0.429. The Morgan fingerprint density at radius 3 is 2.78 bits per heavy atom. The van der Waals surface area contributed by atoms with Gasteiger partial charge in [-0.15, -0.1) is 11.8 Å². The molecule has 2 aliphatic rings. The first-order valence-electron chi connectivity index (χ1n) is 7.74. The van der Waals surface area contributed by atoms with Gasteiger partial charge in [-0.2, -0.15) is 0 Å². The van der Waals surface area contributed by atoms with E-state index in [9.17, 15) is 19.5 Å². The highest BCUT2D eigenvalue weighted by molar-refractivity contribution is 8.00. The number of carboxylic acids is 1. The molecule has 7 nitrogen and oxygen atoms in total. The number of carboxylic acid groups (broad SMARTS) is 1. The second-order valence-electron chi connectivity index (χ2n) is 5.59.